The van der Waals surface area contributed by atoms with Crippen molar-refractivity contribution in [2.24, 2.45) is 0 Å². The number of halogens is 3. The number of hydrogen-bond donors (Lipinski definition) is 1. The Kier molecular flexibility index (Phi) is 7.58. The van der Waals surface area contributed by atoms with Crippen LogP contribution in [0, 0.1) is 5.82 Å². The molecule has 1 fully saturated rings. The third-order valence-corrected chi connectivity index (χ3v) is 5.25. The number of nitrogens with one attached hydrogen (secondary N) is 1. The summed E-state index contributed by atoms with van der Waals surface area (Å²) in [5.41, 5.74) is 1.29. The Morgan fingerprint density at radius 2 is 1.97 bits per heavy atom. The molecule has 1 N–H and O–H groups in total. The number of hydrogen-bond acceptors (Lipinski definition) is 4. The van der Waals surface area contributed by atoms with Gasteiger partial charge in [-0.25, -0.2) is 13.9 Å². The topological polar surface area (TPSA) is 68.9 Å². The van der Waals surface area contributed by atoms with Crippen molar-refractivity contribution < 1.29 is 9.18 Å². The molecule has 9 heteroatoms. The molecule has 4 rings (SSSR count). The van der Waals surface area contributed by atoms with Crippen molar-refractivity contribution in [1.82, 2.24) is 19.7 Å². The van der Waals surface area contributed by atoms with E-state index in [1.165, 1.54) is 10.7 Å². The Balaban J connectivity index is 0.000000199. The van der Waals surface area contributed by atoms with Crippen LogP contribution in [0.25, 0.3) is 11.4 Å². The van der Waals surface area contributed by atoms with Crippen molar-refractivity contribution in [3.05, 3.63) is 73.8 Å². The second kappa shape index (κ2) is 10.1. The van der Waals surface area contributed by atoms with Crippen LogP contribution in [0.1, 0.15) is 24.4 Å². The highest BCUT2D eigenvalue weighted by Crippen LogP contribution is 2.36. The van der Waals surface area contributed by atoms with Gasteiger partial charge in [0.05, 0.1) is 0 Å². The van der Waals surface area contributed by atoms with Gasteiger partial charge in [0.15, 0.2) is 5.82 Å². The van der Waals surface area contributed by atoms with Gasteiger partial charge in [-0.1, -0.05) is 27.5 Å². The second-order valence-electron chi connectivity index (χ2n) is 6.83. The predicted octanol–water partition coefficient (Wildman–Crippen LogP) is 4.21. The monoisotopic (exact) mass is 494 g/mol. The van der Waals surface area contributed by atoms with Crippen LogP contribution in [0.3, 0.4) is 0 Å². The quantitative estimate of drug-likeness (QED) is 0.520. The summed E-state index contributed by atoms with van der Waals surface area (Å²) in [6.45, 7) is 0.546. The van der Waals surface area contributed by atoms with Gasteiger partial charge in [-0.15, -0.1) is 5.10 Å². The highest BCUT2D eigenvalue weighted by molar-refractivity contribution is 9.10. The summed E-state index contributed by atoms with van der Waals surface area (Å²) < 4.78 is 16.7. The van der Waals surface area contributed by atoms with E-state index in [9.17, 15) is 14.0 Å². The Hall–Kier alpha value is -2.29. The molecule has 0 bridgehead atoms. The molecule has 0 atom stereocenters. The van der Waals surface area contributed by atoms with E-state index in [1.54, 1.807) is 35.9 Å². The van der Waals surface area contributed by atoms with Crippen molar-refractivity contribution in [3.63, 3.8) is 0 Å². The molecule has 1 heterocycles. The molecule has 3 aromatic rings. The Labute approximate surface area is 186 Å². The maximum atomic E-state index is 12.9. The fourth-order valence-corrected chi connectivity index (χ4v) is 3.47. The number of rotatable bonds is 6. The zero-order valence-corrected chi connectivity index (χ0v) is 18.7. The molecule has 0 spiro atoms. The van der Waals surface area contributed by atoms with Gasteiger partial charge in [-0.3, -0.25) is 4.57 Å². The van der Waals surface area contributed by atoms with Crippen molar-refractivity contribution in [2.45, 2.75) is 32.0 Å². The third kappa shape index (κ3) is 5.44. The van der Waals surface area contributed by atoms with E-state index in [1.807, 2.05) is 12.1 Å². The Morgan fingerprint density at radius 3 is 2.57 bits per heavy atom. The number of carbonyl (C=O) groups excluding carboxylic acids is 1. The molecule has 1 saturated carbocycles. The van der Waals surface area contributed by atoms with Gasteiger partial charge in [0.25, 0.3) is 0 Å². The van der Waals surface area contributed by atoms with Gasteiger partial charge in [-0.2, -0.15) is 0 Å². The number of nitrogens with zero attached hydrogens (tertiary/aromatic N) is 3. The molecule has 6 nitrogen and oxygen atoms in total. The first kappa shape index (κ1) is 22.4. The molecular formula is C21H21BrClFN4O2. The van der Waals surface area contributed by atoms with Crippen LogP contribution >= 0.6 is 27.5 Å². The molecule has 1 aliphatic carbocycles. The minimum Gasteiger partial charge on any atom is -0.316 e. The van der Waals surface area contributed by atoms with Crippen molar-refractivity contribution in [2.75, 3.05) is 7.05 Å². The van der Waals surface area contributed by atoms with Crippen LogP contribution in [0.15, 0.2) is 51.7 Å². The summed E-state index contributed by atoms with van der Waals surface area (Å²) in [5.74, 6) is 0.438. The standard InChI is InChI=1S/C13H12ClN3O2.C8H9BrFN/c14-10-3-1-9(2-4-10)12-15-16(7-8-18)13(19)17(12)11-5-6-11;1-11-5-6-4-7(9)2-3-8(6)10/h1-4,8,11H,5-7H2;2-4,11H,5H2,1H3. The first-order chi connectivity index (χ1) is 14.4. The van der Waals surface area contributed by atoms with Crippen molar-refractivity contribution in [3.8, 4) is 11.4 Å². The smallest absolute Gasteiger partial charge is 0.316 e. The lowest BCUT2D eigenvalue weighted by Gasteiger charge is -2.03. The molecule has 1 aliphatic rings. The van der Waals surface area contributed by atoms with Crippen molar-refractivity contribution >= 4 is 33.8 Å². The van der Waals surface area contributed by atoms with E-state index in [0.717, 1.165) is 22.9 Å². The zero-order chi connectivity index (χ0) is 21.7. The molecule has 0 radical (unpaired) electrons. The second-order valence-corrected chi connectivity index (χ2v) is 8.18. The molecule has 2 aromatic carbocycles. The van der Waals surface area contributed by atoms with Gasteiger partial charge < -0.3 is 10.1 Å². The van der Waals surface area contributed by atoms with Crippen LogP contribution in [-0.4, -0.2) is 27.7 Å². The molecule has 30 heavy (non-hydrogen) atoms. The third-order valence-electron chi connectivity index (χ3n) is 4.51. The zero-order valence-electron chi connectivity index (χ0n) is 16.3. The maximum Gasteiger partial charge on any atom is 0.346 e. The minimum atomic E-state index is -0.223. The van der Waals surface area contributed by atoms with E-state index >= 15 is 0 Å². The Bertz CT molecular complexity index is 1080. The molecule has 0 saturated heterocycles. The van der Waals surface area contributed by atoms with Gasteiger partial charge >= 0.3 is 5.69 Å². The number of benzene rings is 2. The average molecular weight is 496 g/mol. The van der Waals surface area contributed by atoms with Gasteiger partial charge in [-0.05, 0) is 62.4 Å². The molecule has 0 aliphatic heterocycles. The molecule has 0 unspecified atom stereocenters. The highest BCUT2D eigenvalue weighted by Gasteiger charge is 2.30. The minimum absolute atomic E-state index is 0.0147. The van der Waals surface area contributed by atoms with E-state index in [2.05, 4.69) is 26.3 Å². The average Bonchev–Trinajstić information content (AvgIpc) is 3.51. The van der Waals surface area contributed by atoms with Gasteiger partial charge in [0.2, 0.25) is 0 Å². The lowest BCUT2D eigenvalue weighted by atomic mass is 10.2. The largest absolute Gasteiger partial charge is 0.346 e. The summed E-state index contributed by atoms with van der Waals surface area (Å²) in [5, 5.41) is 7.78. The number of aromatic nitrogens is 3. The van der Waals surface area contributed by atoms with E-state index in [0.29, 0.717) is 29.2 Å². The normalized spacial score (nSPS) is 12.9. The fraction of sp³-hybridized carbons (Fsp3) is 0.286. The summed E-state index contributed by atoms with van der Waals surface area (Å²) in [4.78, 5) is 22.8. The van der Waals surface area contributed by atoms with Gasteiger partial charge in [0, 0.05) is 33.2 Å². The summed E-state index contributed by atoms with van der Waals surface area (Å²) in [6, 6.07) is 12.3. The number of aldehydes is 1. The summed E-state index contributed by atoms with van der Waals surface area (Å²) >= 11 is 9.13. The van der Waals surface area contributed by atoms with E-state index in [-0.39, 0.29) is 24.1 Å². The molecular weight excluding hydrogens is 475 g/mol. The highest BCUT2D eigenvalue weighted by atomic mass is 79.9. The van der Waals surface area contributed by atoms with Crippen molar-refractivity contribution in [1.29, 1.82) is 0 Å². The lowest BCUT2D eigenvalue weighted by Crippen LogP contribution is -2.25. The molecule has 158 valence electrons. The summed E-state index contributed by atoms with van der Waals surface area (Å²) in [6.07, 6.45) is 2.64. The lowest BCUT2D eigenvalue weighted by molar-refractivity contribution is -0.108. The van der Waals surface area contributed by atoms with Crippen LogP contribution in [0.2, 0.25) is 5.02 Å². The number of carbonyl (C=O) groups is 1. The molecule has 1 aromatic heterocycles. The summed E-state index contributed by atoms with van der Waals surface area (Å²) in [7, 11) is 1.79. The maximum absolute atomic E-state index is 12.9. The van der Waals surface area contributed by atoms with Gasteiger partial charge in [0.1, 0.15) is 18.6 Å². The van der Waals surface area contributed by atoms with E-state index in [4.69, 9.17) is 11.6 Å². The first-order valence-corrected chi connectivity index (χ1v) is 10.6. The van der Waals surface area contributed by atoms with Crippen LogP contribution in [-0.2, 0) is 17.9 Å². The van der Waals surface area contributed by atoms with E-state index < -0.39 is 0 Å². The Morgan fingerprint density at radius 1 is 1.27 bits per heavy atom. The van der Waals surface area contributed by atoms with Crippen LogP contribution in [0.4, 0.5) is 4.39 Å². The SMILES string of the molecule is CNCc1cc(Br)ccc1F.O=CCn1nc(-c2ccc(Cl)cc2)n(C2CC2)c1=O. The van der Waals surface area contributed by atoms with Crippen LogP contribution < -0.4 is 11.0 Å². The predicted molar refractivity (Wildman–Crippen MR) is 118 cm³/mol. The fourth-order valence-electron chi connectivity index (χ4n) is 2.94. The van der Waals surface area contributed by atoms with Crippen LogP contribution in [0.5, 0.6) is 0 Å². The first-order valence-electron chi connectivity index (χ1n) is 9.42. The molecule has 0 amide bonds.